The minimum atomic E-state index is 0.463. The summed E-state index contributed by atoms with van der Waals surface area (Å²) in [5, 5.41) is 9.35. The molecule has 1 fully saturated rings. The van der Waals surface area contributed by atoms with Gasteiger partial charge in [-0.3, -0.25) is 0 Å². The minimum Gasteiger partial charge on any atom is -0.367 e. The monoisotopic (exact) mass is 276 g/mol. The lowest BCUT2D eigenvalue weighted by molar-refractivity contribution is 0.570. The molecular weight excluding hydrogens is 256 g/mol. The van der Waals surface area contributed by atoms with E-state index in [1.165, 1.54) is 19.3 Å². The smallest absolute Gasteiger partial charge is 0.101 e. The Kier molecular flexibility index (Phi) is 4.71. The molecule has 102 valence electrons. The number of anilines is 1. The molecule has 1 aliphatic rings. The van der Waals surface area contributed by atoms with Crippen LogP contribution in [0.2, 0.25) is 0 Å². The number of rotatable bonds is 6. The zero-order valence-corrected chi connectivity index (χ0v) is 12.5. The van der Waals surface area contributed by atoms with Gasteiger partial charge in [-0.2, -0.15) is 5.26 Å². The lowest BCUT2D eigenvalue weighted by atomic mass is 10.1. The Labute approximate surface area is 121 Å². The summed E-state index contributed by atoms with van der Waals surface area (Å²) in [5.74, 6) is 1.15. The van der Waals surface area contributed by atoms with Gasteiger partial charge in [0.25, 0.3) is 0 Å². The van der Waals surface area contributed by atoms with Crippen molar-refractivity contribution in [2.45, 2.75) is 45.0 Å². The Bertz CT molecular complexity index is 472. The lowest BCUT2D eigenvalue weighted by Crippen LogP contribution is -2.28. The second-order valence-electron chi connectivity index (χ2n) is 5.70. The molecule has 2 rings (SSSR count). The zero-order chi connectivity index (χ0) is 13.8. The van der Waals surface area contributed by atoms with E-state index in [-0.39, 0.29) is 0 Å². The number of nitriles is 1. The maximum atomic E-state index is 9.35. The van der Waals surface area contributed by atoms with E-state index in [1.54, 1.807) is 0 Å². The fraction of sp³-hybridized carbons (Fsp3) is 0.562. The molecule has 0 saturated heterocycles. The highest BCUT2D eigenvalue weighted by Gasteiger charge is 2.30. The molecule has 0 unspecified atom stereocenters. The third-order valence-corrected chi connectivity index (χ3v) is 3.89. The Morgan fingerprint density at radius 1 is 1.42 bits per heavy atom. The van der Waals surface area contributed by atoms with E-state index in [2.05, 4.69) is 30.9 Å². The molecule has 0 aromatic heterocycles. The van der Waals surface area contributed by atoms with E-state index in [4.69, 9.17) is 11.6 Å². The summed E-state index contributed by atoms with van der Waals surface area (Å²) in [6.45, 7) is 5.52. The van der Waals surface area contributed by atoms with Crippen LogP contribution in [0.1, 0.15) is 44.2 Å². The van der Waals surface area contributed by atoms with Crippen molar-refractivity contribution < 1.29 is 0 Å². The fourth-order valence-electron chi connectivity index (χ4n) is 2.29. The van der Waals surface area contributed by atoms with Gasteiger partial charge in [0.1, 0.15) is 6.07 Å². The van der Waals surface area contributed by atoms with Crippen LogP contribution < -0.4 is 4.90 Å². The Balaban J connectivity index is 2.23. The first kappa shape index (κ1) is 14.2. The Hall–Kier alpha value is -1.20. The van der Waals surface area contributed by atoms with Crippen molar-refractivity contribution >= 4 is 17.3 Å². The first-order chi connectivity index (χ1) is 9.15. The van der Waals surface area contributed by atoms with Gasteiger partial charge in [0.15, 0.2) is 0 Å². The Morgan fingerprint density at radius 3 is 2.68 bits per heavy atom. The fourth-order valence-corrected chi connectivity index (χ4v) is 2.46. The van der Waals surface area contributed by atoms with Crippen molar-refractivity contribution in [3.05, 3.63) is 29.3 Å². The summed E-state index contributed by atoms with van der Waals surface area (Å²) >= 11 is 5.84. The van der Waals surface area contributed by atoms with Gasteiger partial charge in [-0.25, -0.2) is 0 Å². The van der Waals surface area contributed by atoms with E-state index in [0.29, 0.717) is 17.8 Å². The number of hydrogen-bond acceptors (Lipinski definition) is 2. The van der Waals surface area contributed by atoms with Crippen molar-refractivity contribution in [2.75, 3.05) is 11.4 Å². The number of benzene rings is 1. The van der Waals surface area contributed by atoms with Crippen LogP contribution in [0.15, 0.2) is 18.2 Å². The van der Waals surface area contributed by atoms with Crippen LogP contribution >= 0.6 is 11.6 Å². The van der Waals surface area contributed by atoms with Crippen molar-refractivity contribution in [3.63, 3.8) is 0 Å². The van der Waals surface area contributed by atoms with Crippen LogP contribution in [0, 0.1) is 17.2 Å². The number of halogens is 1. The topological polar surface area (TPSA) is 27.0 Å². The highest BCUT2D eigenvalue weighted by atomic mass is 35.5. The van der Waals surface area contributed by atoms with Crippen LogP contribution in [-0.2, 0) is 5.88 Å². The molecule has 0 radical (unpaired) electrons. The molecule has 1 aromatic carbocycles. The van der Waals surface area contributed by atoms with Crippen LogP contribution in [0.3, 0.4) is 0 Å². The average Bonchev–Trinajstić information content (AvgIpc) is 3.23. The van der Waals surface area contributed by atoms with E-state index in [0.717, 1.165) is 23.4 Å². The first-order valence-electron chi connectivity index (χ1n) is 7.01. The maximum Gasteiger partial charge on any atom is 0.101 e. The van der Waals surface area contributed by atoms with E-state index < -0.39 is 0 Å². The van der Waals surface area contributed by atoms with Gasteiger partial charge < -0.3 is 4.90 Å². The highest BCUT2D eigenvalue weighted by molar-refractivity contribution is 6.17. The van der Waals surface area contributed by atoms with Crippen LogP contribution in [0.5, 0.6) is 0 Å². The summed E-state index contributed by atoms with van der Waals surface area (Å²) in [5.41, 5.74) is 2.86. The lowest BCUT2D eigenvalue weighted by Gasteiger charge is -2.26. The maximum absolute atomic E-state index is 9.35. The number of nitrogens with zero attached hydrogens (tertiary/aromatic N) is 2. The second-order valence-corrected chi connectivity index (χ2v) is 5.97. The standard InChI is InChI=1S/C16H21ClN2/c1-12(2)7-8-19(15-4-5-15)16-6-3-13(10-17)9-14(16)11-18/h3,6,9,12,15H,4-5,7-8,10H2,1-2H3. The van der Waals surface area contributed by atoms with Gasteiger partial charge in [-0.05, 0) is 42.9 Å². The molecule has 2 nitrogen and oxygen atoms in total. The predicted molar refractivity (Wildman–Crippen MR) is 80.5 cm³/mol. The zero-order valence-electron chi connectivity index (χ0n) is 11.7. The molecule has 1 aromatic rings. The summed E-state index contributed by atoms with van der Waals surface area (Å²) in [6.07, 6.45) is 3.67. The third-order valence-electron chi connectivity index (χ3n) is 3.58. The molecular formula is C16H21ClN2. The SMILES string of the molecule is CC(C)CCN(c1ccc(CCl)cc1C#N)C1CC1. The van der Waals surface area contributed by atoms with Crippen molar-refractivity contribution in [1.82, 2.24) is 0 Å². The van der Waals surface area contributed by atoms with Crippen molar-refractivity contribution in [1.29, 1.82) is 5.26 Å². The Morgan fingerprint density at radius 2 is 2.16 bits per heavy atom. The van der Waals surface area contributed by atoms with E-state index in [1.807, 2.05) is 12.1 Å². The normalized spacial score (nSPS) is 14.5. The largest absolute Gasteiger partial charge is 0.367 e. The molecule has 1 aliphatic carbocycles. The molecule has 0 amide bonds. The van der Waals surface area contributed by atoms with E-state index in [9.17, 15) is 5.26 Å². The molecule has 0 atom stereocenters. The average molecular weight is 277 g/mol. The van der Waals surface area contributed by atoms with Gasteiger partial charge in [0, 0.05) is 18.5 Å². The molecule has 0 heterocycles. The molecule has 1 saturated carbocycles. The van der Waals surface area contributed by atoms with Crippen LogP contribution in [-0.4, -0.2) is 12.6 Å². The summed E-state index contributed by atoms with van der Waals surface area (Å²) < 4.78 is 0. The van der Waals surface area contributed by atoms with Gasteiger partial charge in [-0.1, -0.05) is 19.9 Å². The van der Waals surface area contributed by atoms with Gasteiger partial charge in [0.05, 0.1) is 11.3 Å². The first-order valence-corrected chi connectivity index (χ1v) is 7.54. The molecule has 3 heteroatoms. The highest BCUT2D eigenvalue weighted by Crippen LogP contribution is 2.34. The summed E-state index contributed by atoms with van der Waals surface area (Å²) in [7, 11) is 0. The van der Waals surface area contributed by atoms with Crippen LogP contribution in [0.25, 0.3) is 0 Å². The molecule has 0 aliphatic heterocycles. The second kappa shape index (κ2) is 6.30. The molecule has 0 spiro atoms. The minimum absolute atomic E-state index is 0.463. The summed E-state index contributed by atoms with van der Waals surface area (Å²) in [4.78, 5) is 2.41. The molecule has 0 bridgehead atoms. The van der Waals surface area contributed by atoms with Gasteiger partial charge >= 0.3 is 0 Å². The van der Waals surface area contributed by atoms with E-state index >= 15 is 0 Å². The number of hydrogen-bond donors (Lipinski definition) is 0. The quantitative estimate of drug-likeness (QED) is 0.724. The van der Waals surface area contributed by atoms with Gasteiger partial charge in [-0.15, -0.1) is 11.6 Å². The van der Waals surface area contributed by atoms with Crippen molar-refractivity contribution in [2.24, 2.45) is 5.92 Å². The van der Waals surface area contributed by atoms with Gasteiger partial charge in [0.2, 0.25) is 0 Å². The van der Waals surface area contributed by atoms with Crippen LogP contribution in [0.4, 0.5) is 5.69 Å². The number of alkyl halides is 1. The van der Waals surface area contributed by atoms with Crippen molar-refractivity contribution in [3.8, 4) is 6.07 Å². The summed E-state index contributed by atoms with van der Waals surface area (Å²) in [6, 6.07) is 8.98. The molecule has 0 N–H and O–H groups in total. The predicted octanol–water partition coefficient (Wildman–Crippen LogP) is 4.31. The third kappa shape index (κ3) is 3.64. The molecule has 19 heavy (non-hydrogen) atoms.